The van der Waals surface area contributed by atoms with Crippen molar-refractivity contribution in [2.75, 3.05) is 19.8 Å². The zero-order chi connectivity index (χ0) is 19.7. The van der Waals surface area contributed by atoms with Crippen molar-refractivity contribution in [3.05, 3.63) is 16.7 Å². The average Bonchev–Trinajstić information content (AvgIpc) is 2.98. The summed E-state index contributed by atoms with van der Waals surface area (Å²) in [5.74, 6) is 1.08. The molecule has 27 heavy (non-hydrogen) atoms. The number of hydrogen-bond donors (Lipinski definition) is 1. The maximum absolute atomic E-state index is 12.2. The van der Waals surface area contributed by atoms with Gasteiger partial charge in [0.15, 0.2) is 0 Å². The summed E-state index contributed by atoms with van der Waals surface area (Å²) >= 11 is 3.16. The van der Waals surface area contributed by atoms with Gasteiger partial charge in [0.2, 0.25) is 15.9 Å². The van der Waals surface area contributed by atoms with Crippen LogP contribution in [-0.2, 0) is 14.8 Å². The maximum atomic E-state index is 12.2. The first-order valence-electron chi connectivity index (χ1n) is 8.60. The molecule has 3 rings (SSSR count). The Morgan fingerprint density at radius 2 is 2.11 bits per heavy atom. The van der Waals surface area contributed by atoms with Gasteiger partial charge in [-0.1, -0.05) is 6.42 Å². The van der Waals surface area contributed by atoms with Gasteiger partial charge in [-0.05, 0) is 47.2 Å². The SMILES string of the molecule is O=S(=O)(NCC(F)(F)F)c1cnc(OCC2COC(C3CCC3)C2)c(Br)c1. The molecule has 0 amide bonds. The highest BCUT2D eigenvalue weighted by Gasteiger charge is 2.35. The molecule has 1 saturated heterocycles. The molecule has 1 N–H and O–H groups in total. The monoisotopic (exact) mass is 472 g/mol. The molecule has 2 heterocycles. The minimum atomic E-state index is -4.64. The van der Waals surface area contributed by atoms with Crippen LogP contribution in [-0.4, -0.2) is 45.4 Å². The molecule has 152 valence electrons. The first-order chi connectivity index (χ1) is 12.6. The average molecular weight is 473 g/mol. The molecular weight excluding hydrogens is 453 g/mol. The molecule has 1 saturated carbocycles. The van der Waals surface area contributed by atoms with E-state index in [1.165, 1.54) is 30.1 Å². The van der Waals surface area contributed by atoms with Gasteiger partial charge in [0, 0.05) is 5.92 Å². The topological polar surface area (TPSA) is 77.5 Å². The van der Waals surface area contributed by atoms with Gasteiger partial charge in [0.25, 0.3) is 0 Å². The van der Waals surface area contributed by atoms with Crippen molar-refractivity contribution in [3.8, 4) is 5.88 Å². The van der Waals surface area contributed by atoms with E-state index in [9.17, 15) is 21.6 Å². The fraction of sp³-hybridized carbons (Fsp3) is 0.688. The summed E-state index contributed by atoms with van der Waals surface area (Å²) in [7, 11) is -4.31. The van der Waals surface area contributed by atoms with E-state index in [0.717, 1.165) is 12.6 Å². The summed E-state index contributed by atoms with van der Waals surface area (Å²) in [5.41, 5.74) is 0. The molecule has 6 nitrogen and oxygen atoms in total. The summed E-state index contributed by atoms with van der Waals surface area (Å²) in [6.45, 7) is -0.644. The van der Waals surface area contributed by atoms with Gasteiger partial charge in [-0.15, -0.1) is 0 Å². The Morgan fingerprint density at radius 1 is 1.37 bits per heavy atom. The number of sulfonamides is 1. The lowest BCUT2D eigenvalue weighted by Crippen LogP contribution is -2.33. The van der Waals surface area contributed by atoms with Crippen LogP contribution in [0.25, 0.3) is 0 Å². The number of pyridine rings is 1. The Bertz CT molecular complexity index is 771. The van der Waals surface area contributed by atoms with Gasteiger partial charge in [0.1, 0.15) is 11.4 Å². The van der Waals surface area contributed by atoms with Crippen LogP contribution in [0.2, 0.25) is 0 Å². The normalized spacial score (nSPS) is 24.0. The number of nitrogens with zero attached hydrogens (tertiary/aromatic N) is 1. The van der Waals surface area contributed by atoms with Crippen LogP contribution < -0.4 is 9.46 Å². The van der Waals surface area contributed by atoms with Crippen LogP contribution in [0, 0.1) is 11.8 Å². The summed E-state index contributed by atoms with van der Waals surface area (Å²) in [5, 5.41) is 0. The smallest absolute Gasteiger partial charge is 0.402 e. The van der Waals surface area contributed by atoms with Crippen molar-refractivity contribution in [1.82, 2.24) is 9.71 Å². The van der Waals surface area contributed by atoms with Gasteiger partial charge in [-0.25, -0.2) is 18.1 Å². The third-order valence-electron chi connectivity index (χ3n) is 4.80. The molecular formula is C16H20BrF3N2O4S. The van der Waals surface area contributed by atoms with E-state index < -0.39 is 22.7 Å². The predicted octanol–water partition coefficient (Wildman–Crippen LogP) is 3.27. The number of alkyl halides is 3. The first-order valence-corrected chi connectivity index (χ1v) is 10.9. The third-order valence-corrected chi connectivity index (χ3v) is 6.73. The molecule has 2 fully saturated rings. The fourth-order valence-corrected chi connectivity index (χ4v) is 4.70. The van der Waals surface area contributed by atoms with Crippen LogP contribution >= 0.6 is 15.9 Å². The number of halogens is 4. The number of aromatic nitrogens is 1. The Labute approximate surface area is 164 Å². The van der Waals surface area contributed by atoms with Crippen molar-refractivity contribution in [3.63, 3.8) is 0 Å². The largest absolute Gasteiger partial charge is 0.476 e. The molecule has 0 bridgehead atoms. The first kappa shape index (κ1) is 20.8. The fourth-order valence-electron chi connectivity index (χ4n) is 3.10. The van der Waals surface area contributed by atoms with E-state index in [1.54, 1.807) is 0 Å². The summed E-state index contributed by atoms with van der Waals surface area (Å²) in [4.78, 5) is 3.55. The van der Waals surface area contributed by atoms with Crippen LogP contribution in [0.5, 0.6) is 5.88 Å². The minimum Gasteiger partial charge on any atom is -0.476 e. The van der Waals surface area contributed by atoms with Gasteiger partial charge < -0.3 is 9.47 Å². The highest BCUT2D eigenvalue weighted by atomic mass is 79.9. The van der Waals surface area contributed by atoms with E-state index in [1.807, 2.05) is 0 Å². The van der Waals surface area contributed by atoms with E-state index in [-0.39, 0.29) is 27.3 Å². The van der Waals surface area contributed by atoms with Crippen molar-refractivity contribution >= 4 is 26.0 Å². The Balaban J connectivity index is 1.55. The molecule has 2 unspecified atom stereocenters. The van der Waals surface area contributed by atoms with E-state index in [0.29, 0.717) is 19.1 Å². The second-order valence-corrected chi connectivity index (χ2v) is 9.49. The summed E-state index contributed by atoms with van der Waals surface area (Å²) < 4.78 is 73.7. The second-order valence-electron chi connectivity index (χ2n) is 6.87. The molecule has 11 heteroatoms. The minimum absolute atomic E-state index is 0.192. The van der Waals surface area contributed by atoms with E-state index in [4.69, 9.17) is 9.47 Å². The van der Waals surface area contributed by atoms with Crippen molar-refractivity contribution < 1.29 is 31.1 Å². The van der Waals surface area contributed by atoms with Crippen molar-refractivity contribution in [1.29, 1.82) is 0 Å². The second kappa shape index (κ2) is 8.22. The molecule has 0 aromatic carbocycles. The number of hydrogen-bond acceptors (Lipinski definition) is 5. The molecule has 1 aliphatic carbocycles. The van der Waals surface area contributed by atoms with Crippen molar-refractivity contribution in [2.24, 2.45) is 11.8 Å². The molecule has 1 aromatic rings. The lowest BCUT2D eigenvalue weighted by atomic mass is 9.79. The zero-order valence-electron chi connectivity index (χ0n) is 14.3. The highest BCUT2D eigenvalue weighted by molar-refractivity contribution is 9.10. The van der Waals surface area contributed by atoms with Crippen LogP contribution in [0.3, 0.4) is 0 Å². The third kappa shape index (κ3) is 5.55. The number of nitrogens with one attached hydrogen (secondary N) is 1. The highest BCUT2D eigenvalue weighted by Crippen LogP contribution is 2.37. The molecule has 2 atom stereocenters. The number of ether oxygens (including phenoxy) is 2. The van der Waals surface area contributed by atoms with Gasteiger partial charge >= 0.3 is 6.18 Å². The van der Waals surface area contributed by atoms with Gasteiger partial charge in [-0.2, -0.15) is 13.2 Å². The van der Waals surface area contributed by atoms with Crippen LogP contribution in [0.4, 0.5) is 13.2 Å². The molecule has 1 aromatic heterocycles. The lowest BCUT2D eigenvalue weighted by molar-refractivity contribution is -0.121. The molecule has 1 aliphatic heterocycles. The van der Waals surface area contributed by atoms with E-state index >= 15 is 0 Å². The predicted molar refractivity (Wildman–Crippen MR) is 93.9 cm³/mol. The van der Waals surface area contributed by atoms with Crippen molar-refractivity contribution in [2.45, 2.75) is 42.9 Å². The quantitative estimate of drug-likeness (QED) is 0.658. The standard InChI is InChI=1S/C16H20BrF3N2O4S/c17-13-5-12(27(23,24)22-9-16(18,19)20)6-21-15(13)26-8-10-4-14(25-7-10)11-2-1-3-11/h5-6,10-11,14,22H,1-4,7-9H2. The lowest BCUT2D eigenvalue weighted by Gasteiger charge is -2.30. The molecule has 0 radical (unpaired) electrons. The molecule has 0 spiro atoms. The van der Waals surface area contributed by atoms with E-state index in [2.05, 4.69) is 20.9 Å². The van der Waals surface area contributed by atoms with Crippen LogP contribution in [0.1, 0.15) is 25.7 Å². The van der Waals surface area contributed by atoms with Crippen LogP contribution in [0.15, 0.2) is 21.6 Å². The Morgan fingerprint density at radius 3 is 2.70 bits per heavy atom. The Kier molecular flexibility index (Phi) is 6.34. The van der Waals surface area contributed by atoms with Gasteiger partial charge in [0.05, 0.1) is 30.0 Å². The number of rotatable bonds is 7. The summed E-state index contributed by atoms with van der Waals surface area (Å²) in [6, 6.07) is 1.17. The molecule has 2 aliphatic rings. The maximum Gasteiger partial charge on any atom is 0.402 e. The summed E-state index contributed by atoms with van der Waals surface area (Å²) in [6.07, 6.45) is 1.23. The van der Waals surface area contributed by atoms with Gasteiger partial charge in [-0.3, -0.25) is 0 Å². The Hall–Kier alpha value is -0.910. The zero-order valence-corrected chi connectivity index (χ0v) is 16.7.